The first-order chi connectivity index (χ1) is 27.7. The number of nitro groups is 2. The van der Waals surface area contributed by atoms with E-state index in [9.17, 15) is 40.0 Å². The Morgan fingerprint density at radius 3 is 1.38 bits per heavy atom. The number of anilines is 2. The van der Waals surface area contributed by atoms with Crippen LogP contribution in [0.2, 0.25) is 5.02 Å². The number of hydrogen-bond donors (Lipinski definition) is 6. The number of halogens is 1. The van der Waals surface area contributed by atoms with Gasteiger partial charge in [0.25, 0.3) is 11.4 Å². The minimum Gasteiger partial charge on any atom is -0.507 e. The molecular weight excluding hydrogens is 808 g/mol. The van der Waals surface area contributed by atoms with Crippen LogP contribution in [0.25, 0.3) is 0 Å². The van der Waals surface area contributed by atoms with Gasteiger partial charge < -0.3 is 31.1 Å². The number of hydrogen-bond acceptors (Lipinski definition) is 12. The molecule has 0 heterocycles. The molecule has 0 amide bonds. The molecule has 17 heteroatoms. The first-order valence-electron chi connectivity index (χ1n) is 17.0. The Balaban J connectivity index is 0.000000221. The van der Waals surface area contributed by atoms with Crippen LogP contribution in [0.4, 0.5) is 22.7 Å². The number of non-ortho nitro benzene ring substituents is 2. The topological polar surface area (TPSA) is 225 Å². The van der Waals surface area contributed by atoms with E-state index in [2.05, 4.69) is 10.6 Å². The monoisotopic (exact) mass is 840 g/mol. The zero-order valence-corrected chi connectivity index (χ0v) is 32.7. The molecule has 0 aliphatic carbocycles. The standard InChI is InChI=1S/C21H18N2O5S.C20H15ClN2O5S/c1-13-2-6-17(7-3-13)29-20-9-5-16(23(27)28)10-14(20)12-22-15-4-8-19(24)18(11-15)21(25)26;21-13-1-5-16(6-2-13)29-19-8-4-15(23(27)28)9-12(19)11-22-14-3-7-18(24)17(10-14)20(25)26/h2-11,22,24H,12H2,1H3,(H,25,26);1-10,22,24H,11H2,(H,25,26). The average molecular weight is 841 g/mol. The Labute approximate surface area is 344 Å². The van der Waals surface area contributed by atoms with E-state index in [-0.39, 0.29) is 47.1 Å². The molecule has 0 saturated heterocycles. The molecule has 0 aliphatic heterocycles. The van der Waals surface area contributed by atoms with E-state index in [0.717, 1.165) is 25.1 Å². The number of nitrogens with zero attached hydrogens (tertiary/aromatic N) is 2. The summed E-state index contributed by atoms with van der Waals surface area (Å²) < 4.78 is 0. The Hall–Kier alpha value is -6.75. The SMILES string of the molecule is Cc1ccc(Sc2ccc([N+](=O)[O-])cc2CNc2ccc(O)c(C(=O)O)c2)cc1.O=C(O)c1cc(NCc2cc([N+](=O)[O-])ccc2Sc2ccc(Cl)cc2)ccc1O. The van der Waals surface area contributed by atoms with Gasteiger partial charge in [0, 0.05) is 73.3 Å². The fourth-order valence-corrected chi connectivity index (χ4v) is 7.20. The fourth-order valence-electron chi connectivity index (χ4n) is 5.23. The molecule has 0 unspecified atom stereocenters. The smallest absolute Gasteiger partial charge is 0.339 e. The van der Waals surface area contributed by atoms with E-state index in [0.29, 0.717) is 27.5 Å². The highest BCUT2D eigenvalue weighted by atomic mass is 35.5. The summed E-state index contributed by atoms with van der Waals surface area (Å²) in [5, 5.41) is 66.6. The second-order valence-corrected chi connectivity index (χ2v) is 15.0. The number of carboxylic acids is 2. The van der Waals surface area contributed by atoms with Gasteiger partial charge in [-0.15, -0.1) is 0 Å². The number of benzene rings is 6. The highest BCUT2D eigenvalue weighted by Crippen LogP contribution is 2.35. The molecule has 58 heavy (non-hydrogen) atoms. The highest BCUT2D eigenvalue weighted by molar-refractivity contribution is 7.99. The van der Waals surface area contributed by atoms with Crippen LogP contribution < -0.4 is 10.6 Å². The Bertz CT molecular complexity index is 2310. The number of aryl methyl sites for hydroxylation is 1. The van der Waals surface area contributed by atoms with Crippen molar-refractivity contribution in [1.82, 2.24) is 0 Å². The van der Waals surface area contributed by atoms with E-state index >= 15 is 0 Å². The molecule has 6 N–H and O–H groups in total. The van der Waals surface area contributed by atoms with Crippen LogP contribution in [0.3, 0.4) is 0 Å². The van der Waals surface area contributed by atoms with Gasteiger partial charge >= 0.3 is 11.9 Å². The molecule has 0 radical (unpaired) electrons. The van der Waals surface area contributed by atoms with Crippen molar-refractivity contribution in [2.75, 3.05) is 10.6 Å². The van der Waals surface area contributed by atoms with Gasteiger partial charge in [-0.05, 0) is 103 Å². The maximum atomic E-state index is 11.2. The summed E-state index contributed by atoms with van der Waals surface area (Å²) in [6, 6.07) is 32.7. The summed E-state index contributed by atoms with van der Waals surface area (Å²) in [7, 11) is 0. The second-order valence-electron chi connectivity index (χ2n) is 12.4. The number of nitro benzene ring substituents is 2. The van der Waals surface area contributed by atoms with Crippen molar-refractivity contribution in [3.05, 3.63) is 174 Å². The van der Waals surface area contributed by atoms with Gasteiger partial charge in [0.1, 0.15) is 22.6 Å². The van der Waals surface area contributed by atoms with E-state index in [1.54, 1.807) is 30.3 Å². The summed E-state index contributed by atoms with van der Waals surface area (Å²) in [6.07, 6.45) is 0. The molecule has 0 fully saturated rings. The van der Waals surface area contributed by atoms with Gasteiger partial charge in [0.2, 0.25) is 0 Å². The number of aromatic carboxylic acids is 2. The number of carboxylic acid groups (broad SMARTS) is 2. The molecule has 0 aromatic heterocycles. The van der Waals surface area contributed by atoms with Gasteiger partial charge in [0.05, 0.1) is 9.85 Å². The Morgan fingerprint density at radius 1 is 0.603 bits per heavy atom. The maximum absolute atomic E-state index is 11.2. The van der Waals surface area contributed by atoms with Crippen molar-refractivity contribution in [1.29, 1.82) is 0 Å². The molecule has 14 nitrogen and oxygen atoms in total. The van der Waals surface area contributed by atoms with Crippen molar-refractivity contribution >= 4 is 69.8 Å². The van der Waals surface area contributed by atoms with Crippen molar-refractivity contribution in [3.63, 3.8) is 0 Å². The molecule has 296 valence electrons. The minimum atomic E-state index is -1.25. The Kier molecular flexibility index (Phi) is 14.2. The van der Waals surface area contributed by atoms with Crippen LogP contribution in [0, 0.1) is 27.2 Å². The normalized spacial score (nSPS) is 10.5. The number of rotatable bonds is 14. The second kappa shape index (κ2) is 19.4. The van der Waals surface area contributed by atoms with Crippen molar-refractivity contribution in [2.45, 2.75) is 39.6 Å². The van der Waals surface area contributed by atoms with E-state index in [4.69, 9.17) is 21.8 Å². The van der Waals surface area contributed by atoms with Crippen LogP contribution in [-0.2, 0) is 13.1 Å². The molecule has 6 aromatic carbocycles. The maximum Gasteiger partial charge on any atom is 0.339 e. The van der Waals surface area contributed by atoms with Gasteiger partial charge in [-0.25, -0.2) is 9.59 Å². The zero-order valence-electron chi connectivity index (χ0n) is 30.3. The lowest BCUT2D eigenvalue weighted by atomic mass is 10.1. The molecule has 6 rings (SSSR count). The first kappa shape index (κ1) is 42.4. The van der Waals surface area contributed by atoms with Crippen LogP contribution in [0.15, 0.2) is 141 Å². The predicted octanol–water partition coefficient (Wildman–Crippen LogP) is 10.5. The van der Waals surface area contributed by atoms with Crippen LogP contribution in [0.5, 0.6) is 11.5 Å². The van der Waals surface area contributed by atoms with E-state index < -0.39 is 21.8 Å². The van der Waals surface area contributed by atoms with E-state index in [1.165, 1.54) is 78.1 Å². The number of phenols is 2. The molecule has 0 spiro atoms. The summed E-state index contributed by atoms with van der Waals surface area (Å²) >= 11 is 8.84. The summed E-state index contributed by atoms with van der Waals surface area (Å²) in [4.78, 5) is 47.4. The molecule has 0 aliphatic rings. The molecular formula is C41H33ClN4O10S2. The summed E-state index contributed by atoms with van der Waals surface area (Å²) in [6.45, 7) is 2.47. The lowest BCUT2D eigenvalue weighted by molar-refractivity contribution is -0.385. The van der Waals surface area contributed by atoms with E-state index in [1.807, 2.05) is 43.3 Å². The lowest BCUT2D eigenvalue weighted by Crippen LogP contribution is -2.04. The summed E-state index contributed by atoms with van der Waals surface area (Å²) in [5.41, 5.74) is 2.95. The fraction of sp³-hybridized carbons (Fsp3) is 0.0732. The number of aromatic hydroxyl groups is 2. The first-order valence-corrected chi connectivity index (χ1v) is 19.0. The van der Waals surface area contributed by atoms with Crippen molar-refractivity contribution in [2.24, 2.45) is 0 Å². The van der Waals surface area contributed by atoms with Crippen molar-refractivity contribution < 1.29 is 39.9 Å². The van der Waals surface area contributed by atoms with Crippen LogP contribution >= 0.6 is 35.1 Å². The minimum absolute atomic E-state index is 0.0213. The third-order valence-electron chi connectivity index (χ3n) is 8.22. The quantitative estimate of drug-likeness (QED) is 0.0341. The zero-order chi connectivity index (χ0) is 41.9. The Morgan fingerprint density at radius 2 is 1.00 bits per heavy atom. The average Bonchev–Trinajstić information content (AvgIpc) is 3.19. The van der Waals surface area contributed by atoms with Gasteiger partial charge in [-0.2, -0.15) is 0 Å². The molecule has 0 atom stereocenters. The van der Waals surface area contributed by atoms with Gasteiger partial charge in [0.15, 0.2) is 0 Å². The number of carbonyl (C=O) groups is 2. The third-order valence-corrected chi connectivity index (χ3v) is 10.7. The van der Waals surface area contributed by atoms with Gasteiger partial charge in [-0.1, -0.05) is 52.8 Å². The predicted molar refractivity (Wildman–Crippen MR) is 222 cm³/mol. The van der Waals surface area contributed by atoms with Crippen molar-refractivity contribution in [3.8, 4) is 11.5 Å². The largest absolute Gasteiger partial charge is 0.507 e. The number of nitrogens with one attached hydrogen (secondary N) is 2. The van der Waals surface area contributed by atoms with Crippen LogP contribution in [0.1, 0.15) is 37.4 Å². The third kappa shape index (κ3) is 11.6. The molecule has 6 aromatic rings. The molecule has 0 saturated carbocycles. The molecule has 0 bridgehead atoms. The van der Waals surface area contributed by atoms with Gasteiger partial charge in [-0.3, -0.25) is 20.2 Å². The highest BCUT2D eigenvalue weighted by Gasteiger charge is 2.16. The van der Waals surface area contributed by atoms with Crippen LogP contribution in [-0.4, -0.2) is 42.2 Å². The summed E-state index contributed by atoms with van der Waals surface area (Å²) in [5.74, 6) is -3.15. The lowest BCUT2D eigenvalue weighted by Gasteiger charge is -2.12.